The van der Waals surface area contributed by atoms with Crippen molar-refractivity contribution in [2.24, 2.45) is 0 Å². The fourth-order valence-corrected chi connectivity index (χ4v) is 3.91. The number of methoxy groups -OCH3 is 2. The van der Waals surface area contributed by atoms with Gasteiger partial charge in [0.1, 0.15) is 0 Å². The number of likely N-dealkylation sites (N-methyl/N-ethyl adjacent to an activating group) is 2. The predicted molar refractivity (Wildman–Crippen MR) is 137 cm³/mol. The Hall–Kier alpha value is -3.52. The number of nitrogens with one attached hydrogen (secondary N) is 2. The van der Waals surface area contributed by atoms with Gasteiger partial charge < -0.3 is 25.0 Å². The lowest BCUT2D eigenvalue weighted by Crippen LogP contribution is -2.38. The number of hydrogen-bond donors (Lipinski definition) is 2. The molecule has 182 valence electrons. The van der Waals surface area contributed by atoms with Crippen molar-refractivity contribution in [2.75, 3.05) is 56.4 Å². The third-order valence-corrected chi connectivity index (χ3v) is 6.00. The average Bonchev–Trinajstić information content (AvgIpc) is 3.14. The zero-order valence-corrected chi connectivity index (χ0v) is 20.8. The van der Waals surface area contributed by atoms with Crippen LogP contribution < -0.4 is 25.0 Å². The maximum Gasteiger partial charge on any atom is 0.256 e. The van der Waals surface area contributed by atoms with Gasteiger partial charge >= 0.3 is 0 Å². The van der Waals surface area contributed by atoms with E-state index < -0.39 is 0 Å². The highest BCUT2D eigenvalue weighted by Crippen LogP contribution is 2.40. The van der Waals surface area contributed by atoms with Gasteiger partial charge in [-0.05, 0) is 56.4 Å². The maximum atomic E-state index is 12.6. The number of benzene rings is 2. The van der Waals surface area contributed by atoms with E-state index in [-0.39, 0.29) is 17.9 Å². The van der Waals surface area contributed by atoms with Crippen molar-refractivity contribution in [1.82, 2.24) is 4.90 Å². The van der Waals surface area contributed by atoms with E-state index in [0.29, 0.717) is 29.3 Å². The molecule has 1 atom stereocenters. The number of hydrogen-bond acceptors (Lipinski definition) is 6. The number of nitrogens with zero attached hydrogens (tertiary/aromatic N) is 2. The van der Waals surface area contributed by atoms with Gasteiger partial charge in [-0.3, -0.25) is 14.5 Å². The van der Waals surface area contributed by atoms with Crippen LogP contribution in [0.2, 0.25) is 0 Å². The average molecular weight is 467 g/mol. The lowest BCUT2D eigenvalue weighted by atomic mass is 10.0. The summed E-state index contributed by atoms with van der Waals surface area (Å²) in [6, 6.07) is 11.2. The van der Waals surface area contributed by atoms with Gasteiger partial charge in [0.05, 0.1) is 26.5 Å². The normalized spacial score (nSPS) is 14.6. The van der Waals surface area contributed by atoms with Crippen LogP contribution in [0.4, 0.5) is 17.1 Å². The summed E-state index contributed by atoms with van der Waals surface area (Å²) in [7, 11) is 4.93. The van der Waals surface area contributed by atoms with Crippen molar-refractivity contribution in [3.63, 3.8) is 0 Å². The number of rotatable bonds is 10. The summed E-state index contributed by atoms with van der Waals surface area (Å²) in [6.07, 6.45) is 1.89. The standard InChI is InChI=1S/C26H34N4O4/c1-7-30(8-2)16-25(31)29(4)19-11-9-18(10-12-19)27-17(3)13-21-20-14-23(33-5)24(34-6)15-22(20)28-26(21)32/h9-15,17,27H,7-8,16H2,1-6H3,(H,28,32). The first kappa shape index (κ1) is 25.1. The van der Waals surface area contributed by atoms with E-state index in [4.69, 9.17) is 9.47 Å². The Morgan fingerprint density at radius 3 is 2.29 bits per heavy atom. The molecule has 0 saturated carbocycles. The summed E-state index contributed by atoms with van der Waals surface area (Å²) in [5.74, 6) is 1.03. The Labute approximate surface area is 201 Å². The molecule has 1 aliphatic heterocycles. The summed E-state index contributed by atoms with van der Waals surface area (Å²) < 4.78 is 10.7. The zero-order chi connectivity index (χ0) is 24.8. The monoisotopic (exact) mass is 466 g/mol. The Balaban J connectivity index is 1.71. The third kappa shape index (κ3) is 5.51. The van der Waals surface area contributed by atoms with Gasteiger partial charge in [0.25, 0.3) is 5.91 Å². The van der Waals surface area contributed by atoms with Crippen LogP contribution in [0.3, 0.4) is 0 Å². The second-order valence-electron chi connectivity index (χ2n) is 8.18. The van der Waals surface area contributed by atoms with Crippen LogP contribution in [0.25, 0.3) is 5.57 Å². The summed E-state index contributed by atoms with van der Waals surface area (Å²) in [5, 5.41) is 6.28. The van der Waals surface area contributed by atoms with E-state index in [2.05, 4.69) is 29.4 Å². The van der Waals surface area contributed by atoms with Crippen LogP contribution in [0.15, 0.2) is 42.5 Å². The first-order valence-electron chi connectivity index (χ1n) is 11.5. The van der Waals surface area contributed by atoms with Crippen molar-refractivity contribution in [3.8, 4) is 11.5 Å². The lowest BCUT2D eigenvalue weighted by Gasteiger charge is -2.23. The number of carbonyl (C=O) groups is 2. The molecular weight excluding hydrogens is 432 g/mol. The van der Waals surface area contributed by atoms with Gasteiger partial charge in [0.15, 0.2) is 11.5 Å². The molecule has 1 unspecified atom stereocenters. The number of amides is 2. The first-order valence-corrected chi connectivity index (χ1v) is 11.5. The quantitative estimate of drug-likeness (QED) is 0.518. The largest absolute Gasteiger partial charge is 0.493 e. The molecule has 2 aromatic rings. The van der Waals surface area contributed by atoms with Crippen LogP contribution in [-0.4, -0.2) is 63.7 Å². The Bertz CT molecular complexity index is 1060. The molecule has 0 spiro atoms. The molecule has 0 aliphatic carbocycles. The summed E-state index contributed by atoms with van der Waals surface area (Å²) in [6.45, 7) is 8.16. The first-order chi connectivity index (χ1) is 16.3. The van der Waals surface area contributed by atoms with Gasteiger partial charge in [0, 0.05) is 41.7 Å². The molecule has 0 saturated heterocycles. The number of carbonyl (C=O) groups excluding carboxylic acids is 2. The molecule has 3 rings (SSSR count). The molecule has 1 heterocycles. The second-order valence-corrected chi connectivity index (χ2v) is 8.18. The Morgan fingerprint density at radius 2 is 1.71 bits per heavy atom. The van der Waals surface area contributed by atoms with E-state index in [1.165, 1.54) is 0 Å². The van der Waals surface area contributed by atoms with Crippen LogP contribution in [0.5, 0.6) is 11.5 Å². The molecule has 0 bridgehead atoms. The highest BCUT2D eigenvalue weighted by atomic mass is 16.5. The summed E-state index contributed by atoms with van der Waals surface area (Å²) >= 11 is 0. The van der Waals surface area contributed by atoms with Gasteiger partial charge in [-0.1, -0.05) is 13.8 Å². The second kappa shape index (κ2) is 11.1. The van der Waals surface area contributed by atoms with Crippen LogP contribution >= 0.6 is 0 Å². The molecule has 2 amide bonds. The van der Waals surface area contributed by atoms with Gasteiger partial charge in [-0.2, -0.15) is 0 Å². The highest BCUT2D eigenvalue weighted by Gasteiger charge is 2.27. The van der Waals surface area contributed by atoms with E-state index in [1.807, 2.05) is 43.3 Å². The Kier molecular flexibility index (Phi) is 8.17. The van der Waals surface area contributed by atoms with E-state index in [1.54, 1.807) is 32.2 Å². The predicted octanol–water partition coefficient (Wildman–Crippen LogP) is 3.84. The van der Waals surface area contributed by atoms with Crippen molar-refractivity contribution in [2.45, 2.75) is 26.8 Å². The lowest BCUT2D eigenvalue weighted by molar-refractivity contribution is -0.119. The van der Waals surface area contributed by atoms with Gasteiger partial charge in [0.2, 0.25) is 5.91 Å². The molecule has 0 fully saturated rings. The van der Waals surface area contributed by atoms with Crippen LogP contribution in [0, 0.1) is 0 Å². The maximum absolute atomic E-state index is 12.6. The minimum atomic E-state index is -0.164. The molecule has 0 radical (unpaired) electrons. The molecule has 1 aliphatic rings. The summed E-state index contributed by atoms with van der Waals surface area (Å²) in [4.78, 5) is 28.9. The van der Waals surface area contributed by atoms with Crippen molar-refractivity contribution < 1.29 is 19.1 Å². The Morgan fingerprint density at radius 1 is 1.09 bits per heavy atom. The molecule has 8 nitrogen and oxygen atoms in total. The smallest absolute Gasteiger partial charge is 0.256 e. The van der Waals surface area contributed by atoms with E-state index in [0.717, 1.165) is 30.0 Å². The number of ether oxygens (including phenoxy) is 2. The van der Waals surface area contributed by atoms with Gasteiger partial charge in [-0.15, -0.1) is 0 Å². The summed E-state index contributed by atoms with van der Waals surface area (Å²) in [5.41, 5.74) is 3.78. The van der Waals surface area contributed by atoms with Crippen molar-refractivity contribution in [1.29, 1.82) is 0 Å². The molecule has 0 aromatic heterocycles. The molecular formula is C26H34N4O4. The van der Waals surface area contributed by atoms with Crippen molar-refractivity contribution in [3.05, 3.63) is 48.0 Å². The van der Waals surface area contributed by atoms with Crippen LogP contribution in [0.1, 0.15) is 26.3 Å². The third-order valence-electron chi connectivity index (χ3n) is 6.00. The van der Waals surface area contributed by atoms with Gasteiger partial charge in [-0.25, -0.2) is 0 Å². The van der Waals surface area contributed by atoms with E-state index >= 15 is 0 Å². The number of fused-ring (bicyclic) bond motifs is 1. The zero-order valence-electron chi connectivity index (χ0n) is 20.8. The highest BCUT2D eigenvalue weighted by molar-refractivity contribution is 6.31. The number of anilines is 3. The minimum absolute atomic E-state index is 0.0560. The molecule has 34 heavy (non-hydrogen) atoms. The SMILES string of the molecule is CCN(CC)CC(=O)N(C)c1ccc(NC(C)C=C2C(=O)Nc3cc(OC)c(OC)cc32)cc1. The minimum Gasteiger partial charge on any atom is -0.493 e. The van der Waals surface area contributed by atoms with E-state index in [9.17, 15) is 9.59 Å². The van der Waals surface area contributed by atoms with Crippen LogP contribution in [-0.2, 0) is 9.59 Å². The molecule has 2 aromatic carbocycles. The molecule has 2 N–H and O–H groups in total. The topological polar surface area (TPSA) is 83.1 Å². The molecule has 8 heteroatoms. The fourth-order valence-electron chi connectivity index (χ4n) is 3.91. The van der Waals surface area contributed by atoms with Crippen molar-refractivity contribution >= 4 is 34.4 Å². The fraction of sp³-hybridized carbons (Fsp3) is 0.385.